The fraction of sp³-hybridized carbons (Fsp3) is 0.667. The zero-order valence-electron chi connectivity index (χ0n) is 10.4. The third-order valence-electron chi connectivity index (χ3n) is 3.09. The Labute approximate surface area is 101 Å². The molecule has 0 saturated carbocycles. The van der Waals surface area contributed by atoms with Gasteiger partial charge in [-0.3, -0.25) is 0 Å². The Morgan fingerprint density at radius 3 is 2.44 bits per heavy atom. The van der Waals surface area contributed by atoms with Crippen molar-refractivity contribution in [3.63, 3.8) is 0 Å². The van der Waals surface area contributed by atoms with Crippen LogP contribution in [0.25, 0.3) is 0 Å². The molecule has 0 bridgehead atoms. The van der Waals surface area contributed by atoms with Crippen molar-refractivity contribution in [2.45, 2.75) is 51.5 Å². The lowest BCUT2D eigenvalue weighted by Crippen LogP contribution is -2.35. The van der Waals surface area contributed by atoms with Crippen LogP contribution in [0.1, 0.15) is 51.2 Å². The third-order valence-corrected chi connectivity index (χ3v) is 4.26. The van der Waals surface area contributed by atoms with Crippen LogP contribution in [0.3, 0.4) is 0 Å². The SMILES string of the molecule is CCC(N)(CC)c1csc(C(C)(C)C#N)n1. The average molecular weight is 237 g/mol. The van der Waals surface area contributed by atoms with Gasteiger partial charge in [0.1, 0.15) is 10.4 Å². The number of nitrogens with zero attached hydrogens (tertiary/aromatic N) is 2. The molecule has 88 valence electrons. The summed E-state index contributed by atoms with van der Waals surface area (Å²) in [6.07, 6.45) is 1.72. The van der Waals surface area contributed by atoms with Gasteiger partial charge in [0.05, 0.1) is 17.3 Å². The van der Waals surface area contributed by atoms with Crippen LogP contribution < -0.4 is 5.73 Å². The third kappa shape index (κ3) is 2.26. The lowest BCUT2D eigenvalue weighted by atomic mass is 9.91. The smallest absolute Gasteiger partial charge is 0.113 e. The second-order valence-electron chi connectivity index (χ2n) is 4.64. The van der Waals surface area contributed by atoms with E-state index in [1.54, 1.807) is 0 Å². The fourth-order valence-electron chi connectivity index (χ4n) is 1.45. The van der Waals surface area contributed by atoms with E-state index in [2.05, 4.69) is 24.9 Å². The van der Waals surface area contributed by atoms with Crippen LogP contribution in [0.2, 0.25) is 0 Å². The molecule has 0 unspecified atom stereocenters. The highest BCUT2D eigenvalue weighted by Crippen LogP contribution is 2.31. The summed E-state index contributed by atoms with van der Waals surface area (Å²) in [5.74, 6) is 0. The molecule has 1 heterocycles. The molecule has 1 aromatic heterocycles. The molecule has 0 saturated heterocycles. The minimum absolute atomic E-state index is 0.347. The molecular weight excluding hydrogens is 218 g/mol. The first-order chi connectivity index (χ1) is 7.39. The maximum Gasteiger partial charge on any atom is 0.113 e. The molecule has 0 aromatic carbocycles. The van der Waals surface area contributed by atoms with Gasteiger partial charge in [-0.1, -0.05) is 13.8 Å². The van der Waals surface area contributed by atoms with Gasteiger partial charge >= 0.3 is 0 Å². The lowest BCUT2D eigenvalue weighted by molar-refractivity contribution is 0.401. The zero-order chi connectivity index (χ0) is 12.4. The molecule has 0 radical (unpaired) electrons. The summed E-state index contributed by atoms with van der Waals surface area (Å²) < 4.78 is 0. The predicted octanol–water partition coefficient (Wildman–Crippen LogP) is 2.92. The second-order valence-corrected chi connectivity index (χ2v) is 5.50. The first kappa shape index (κ1) is 13.1. The number of rotatable bonds is 4. The van der Waals surface area contributed by atoms with E-state index in [9.17, 15) is 0 Å². The van der Waals surface area contributed by atoms with Crippen molar-refractivity contribution in [1.82, 2.24) is 4.98 Å². The Morgan fingerprint density at radius 1 is 1.44 bits per heavy atom. The standard InChI is InChI=1S/C12H19N3S/c1-5-12(14,6-2)9-7-16-10(15-9)11(3,4)8-13/h7H,5-6,14H2,1-4H3. The van der Waals surface area contributed by atoms with Gasteiger partial charge in [0.2, 0.25) is 0 Å². The normalized spacial score (nSPS) is 12.5. The van der Waals surface area contributed by atoms with E-state index in [1.807, 2.05) is 19.2 Å². The molecular formula is C12H19N3S. The minimum atomic E-state index is -0.523. The molecule has 0 fully saturated rings. The van der Waals surface area contributed by atoms with E-state index in [-0.39, 0.29) is 5.54 Å². The van der Waals surface area contributed by atoms with Crippen LogP contribution in [0.15, 0.2) is 5.38 Å². The molecule has 1 aromatic rings. The number of nitriles is 1. The summed E-state index contributed by atoms with van der Waals surface area (Å²) in [6, 6.07) is 2.27. The quantitative estimate of drug-likeness (QED) is 0.875. The van der Waals surface area contributed by atoms with Gasteiger partial charge in [0, 0.05) is 5.38 Å². The molecule has 2 N–H and O–H groups in total. The van der Waals surface area contributed by atoms with E-state index >= 15 is 0 Å². The highest BCUT2D eigenvalue weighted by Gasteiger charge is 2.30. The summed E-state index contributed by atoms with van der Waals surface area (Å²) in [5, 5.41) is 11.9. The highest BCUT2D eigenvalue weighted by molar-refractivity contribution is 7.09. The van der Waals surface area contributed by atoms with Crippen molar-refractivity contribution in [2.24, 2.45) is 5.73 Å². The van der Waals surface area contributed by atoms with Crippen molar-refractivity contribution in [2.75, 3.05) is 0 Å². The van der Waals surface area contributed by atoms with E-state index in [4.69, 9.17) is 11.0 Å². The number of hydrogen-bond acceptors (Lipinski definition) is 4. The molecule has 3 nitrogen and oxygen atoms in total. The Bertz CT molecular complexity index is 397. The van der Waals surface area contributed by atoms with Crippen LogP contribution in [-0.4, -0.2) is 4.98 Å². The summed E-state index contributed by atoms with van der Waals surface area (Å²) in [5.41, 5.74) is 6.33. The zero-order valence-corrected chi connectivity index (χ0v) is 11.2. The molecule has 0 spiro atoms. The maximum absolute atomic E-state index is 9.06. The first-order valence-electron chi connectivity index (χ1n) is 5.56. The van der Waals surface area contributed by atoms with Gasteiger partial charge in [-0.15, -0.1) is 11.3 Å². The van der Waals surface area contributed by atoms with Gasteiger partial charge in [-0.25, -0.2) is 4.98 Å². The predicted molar refractivity (Wildman–Crippen MR) is 67.2 cm³/mol. The molecule has 16 heavy (non-hydrogen) atoms. The molecule has 0 aliphatic rings. The average Bonchev–Trinajstić information content (AvgIpc) is 2.78. The molecule has 0 amide bonds. The number of nitrogens with two attached hydrogens (primary N) is 1. The Kier molecular flexibility index (Phi) is 3.72. The van der Waals surface area contributed by atoms with Gasteiger partial charge in [-0.2, -0.15) is 5.26 Å². The summed E-state index contributed by atoms with van der Waals surface area (Å²) in [7, 11) is 0. The van der Waals surface area contributed by atoms with Gasteiger partial charge in [-0.05, 0) is 26.7 Å². The Balaban J connectivity index is 3.10. The fourth-order valence-corrected chi connectivity index (χ4v) is 2.45. The van der Waals surface area contributed by atoms with E-state index in [0.717, 1.165) is 23.5 Å². The van der Waals surface area contributed by atoms with Crippen LogP contribution in [0.4, 0.5) is 0 Å². The molecule has 1 rings (SSSR count). The van der Waals surface area contributed by atoms with Crippen LogP contribution in [-0.2, 0) is 11.0 Å². The van der Waals surface area contributed by atoms with E-state index in [0.29, 0.717) is 0 Å². The van der Waals surface area contributed by atoms with Crippen molar-refractivity contribution >= 4 is 11.3 Å². The van der Waals surface area contributed by atoms with Gasteiger partial charge in [0.25, 0.3) is 0 Å². The molecule has 4 heteroatoms. The van der Waals surface area contributed by atoms with Gasteiger partial charge < -0.3 is 5.73 Å². The van der Waals surface area contributed by atoms with Crippen molar-refractivity contribution in [3.05, 3.63) is 16.1 Å². The maximum atomic E-state index is 9.06. The number of thiazole rings is 1. The van der Waals surface area contributed by atoms with Crippen LogP contribution >= 0.6 is 11.3 Å². The van der Waals surface area contributed by atoms with Crippen molar-refractivity contribution in [3.8, 4) is 6.07 Å². The largest absolute Gasteiger partial charge is 0.320 e. The Hall–Kier alpha value is -0.920. The lowest BCUT2D eigenvalue weighted by Gasteiger charge is -2.24. The topological polar surface area (TPSA) is 62.7 Å². The first-order valence-corrected chi connectivity index (χ1v) is 6.44. The minimum Gasteiger partial charge on any atom is -0.320 e. The van der Waals surface area contributed by atoms with Crippen LogP contribution in [0, 0.1) is 11.3 Å². The summed E-state index contributed by atoms with van der Waals surface area (Å²) in [6.45, 7) is 7.90. The Morgan fingerprint density at radius 2 is 2.00 bits per heavy atom. The van der Waals surface area contributed by atoms with E-state index in [1.165, 1.54) is 11.3 Å². The summed E-state index contributed by atoms with van der Waals surface area (Å²) >= 11 is 1.53. The van der Waals surface area contributed by atoms with Crippen molar-refractivity contribution < 1.29 is 0 Å². The van der Waals surface area contributed by atoms with Gasteiger partial charge in [0.15, 0.2) is 0 Å². The van der Waals surface area contributed by atoms with Crippen molar-refractivity contribution in [1.29, 1.82) is 5.26 Å². The van der Waals surface area contributed by atoms with E-state index < -0.39 is 5.41 Å². The highest BCUT2D eigenvalue weighted by atomic mass is 32.1. The monoisotopic (exact) mass is 237 g/mol. The summed E-state index contributed by atoms with van der Waals surface area (Å²) in [4.78, 5) is 4.54. The molecule has 0 atom stereocenters. The second kappa shape index (κ2) is 4.52. The number of aromatic nitrogens is 1. The number of hydrogen-bond donors (Lipinski definition) is 1. The molecule has 0 aliphatic carbocycles. The van der Waals surface area contributed by atoms with Crippen LogP contribution in [0.5, 0.6) is 0 Å². The molecule has 0 aliphatic heterocycles.